The van der Waals surface area contributed by atoms with Crippen LogP contribution in [0, 0.1) is 0 Å². The summed E-state index contributed by atoms with van der Waals surface area (Å²) in [5.41, 5.74) is 3.51. The molecule has 5 nitrogen and oxygen atoms in total. The van der Waals surface area contributed by atoms with Crippen molar-refractivity contribution >= 4 is 11.6 Å². The van der Waals surface area contributed by atoms with Crippen molar-refractivity contribution in [3.05, 3.63) is 59.7 Å². The number of hydrazone groups is 1. The minimum absolute atomic E-state index is 0.00631. The smallest absolute Gasteiger partial charge is 0.387 e. The van der Waals surface area contributed by atoms with Crippen LogP contribution in [-0.4, -0.2) is 24.3 Å². The second-order valence-electron chi connectivity index (χ2n) is 5.70. The van der Waals surface area contributed by atoms with E-state index in [1.807, 2.05) is 13.8 Å². The van der Waals surface area contributed by atoms with Crippen molar-refractivity contribution in [3.63, 3.8) is 0 Å². The summed E-state index contributed by atoms with van der Waals surface area (Å²) in [5, 5.41) is 3.97. The lowest BCUT2D eigenvalue weighted by Crippen LogP contribution is -2.19. The minimum atomic E-state index is -2.94. The molecule has 1 amide bonds. The van der Waals surface area contributed by atoms with Crippen molar-refractivity contribution in [2.45, 2.75) is 33.5 Å². The number of amides is 1. The van der Waals surface area contributed by atoms with Crippen LogP contribution < -0.4 is 14.9 Å². The van der Waals surface area contributed by atoms with Gasteiger partial charge in [-0.25, -0.2) is 5.43 Å². The molecule has 0 saturated heterocycles. The number of para-hydroxylation sites is 1. The largest absolute Gasteiger partial charge is 0.491 e. The summed E-state index contributed by atoms with van der Waals surface area (Å²) in [4.78, 5) is 12.2. The van der Waals surface area contributed by atoms with Gasteiger partial charge in [0.2, 0.25) is 0 Å². The highest BCUT2D eigenvalue weighted by molar-refractivity contribution is 6.02. The van der Waals surface area contributed by atoms with Crippen molar-refractivity contribution < 1.29 is 23.0 Å². The van der Waals surface area contributed by atoms with Gasteiger partial charge in [-0.05, 0) is 57.2 Å². The van der Waals surface area contributed by atoms with Gasteiger partial charge in [-0.3, -0.25) is 4.79 Å². The van der Waals surface area contributed by atoms with Gasteiger partial charge >= 0.3 is 6.61 Å². The summed E-state index contributed by atoms with van der Waals surface area (Å²) in [6.45, 7) is 2.47. The molecular weight excluding hydrogens is 342 g/mol. The average molecular weight is 362 g/mol. The Morgan fingerprint density at radius 1 is 1.04 bits per heavy atom. The van der Waals surface area contributed by atoms with Crippen molar-refractivity contribution in [2.75, 3.05) is 0 Å². The topological polar surface area (TPSA) is 59.9 Å². The third-order valence-electron chi connectivity index (χ3n) is 3.31. The molecule has 0 atom stereocenters. The minimum Gasteiger partial charge on any atom is -0.491 e. The molecular formula is C19H20F2N2O3. The molecule has 138 valence electrons. The molecule has 7 heteroatoms. The molecule has 0 heterocycles. The van der Waals surface area contributed by atoms with E-state index in [0.29, 0.717) is 22.6 Å². The number of alkyl halides is 2. The van der Waals surface area contributed by atoms with E-state index in [0.717, 1.165) is 0 Å². The number of hydrogen-bond acceptors (Lipinski definition) is 4. The average Bonchev–Trinajstić information content (AvgIpc) is 2.59. The number of rotatable bonds is 7. The van der Waals surface area contributed by atoms with E-state index >= 15 is 0 Å². The number of nitrogens with zero attached hydrogens (tertiary/aromatic N) is 1. The maximum Gasteiger partial charge on any atom is 0.387 e. The first kappa shape index (κ1) is 19.4. The van der Waals surface area contributed by atoms with E-state index < -0.39 is 12.5 Å². The number of halogens is 2. The van der Waals surface area contributed by atoms with E-state index in [1.54, 1.807) is 49.4 Å². The van der Waals surface area contributed by atoms with Gasteiger partial charge in [0, 0.05) is 11.1 Å². The molecule has 0 saturated carbocycles. The molecule has 0 fully saturated rings. The number of hydrogen-bond donors (Lipinski definition) is 1. The molecule has 0 aliphatic heterocycles. The molecule has 26 heavy (non-hydrogen) atoms. The van der Waals surface area contributed by atoms with Gasteiger partial charge in [-0.15, -0.1) is 0 Å². The first-order valence-corrected chi connectivity index (χ1v) is 8.02. The Kier molecular flexibility index (Phi) is 6.66. The molecule has 2 rings (SSSR count). The summed E-state index contributed by atoms with van der Waals surface area (Å²) < 4.78 is 34.9. The molecule has 2 aromatic carbocycles. The predicted molar refractivity (Wildman–Crippen MR) is 95.0 cm³/mol. The molecule has 0 unspecified atom stereocenters. The van der Waals surface area contributed by atoms with Gasteiger partial charge in [0.1, 0.15) is 11.5 Å². The lowest BCUT2D eigenvalue weighted by Gasteiger charge is -2.11. The van der Waals surface area contributed by atoms with Gasteiger partial charge in [-0.1, -0.05) is 12.1 Å². The highest BCUT2D eigenvalue weighted by Crippen LogP contribution is 2.21. The van der Waals surface area contributed by atoms with Crippen LogP contribution in [0.4, 0.5) is 8.78 Å². The van der Waals surface area contributed by atoms with Crippen LogP contribution >= 0.6 is 0 Å². The lowest BCUT2D eigenvalue weighted by molar-refractivity contribution is -0.0499. The van der Waals surface area contributed by atoms with E-state index in [4.69, 9.17) is 4.74 Å². The van der Waals surface area contributed by atoms with Crippen LogP contribution in [0.1, 0.15) is 36.7 Å². The lowest BCUT2D eigenvalue weighted by atomic mass is 10.1. The van der Waals surface area contributed by atoms with Gasteiger partial charge in [0.15, 0.2) is 0 Å². The molecule has 0 radical (unpaired) electrons. The van der Waals surface area contributed by atoms with Crippen LogP contribution in [0.25, 0.3) is 0 Å². The number of carbonyl (C=O) groups is 1. The fourth-order valence-electron chi connectivity index (χ4n) is 2.18. The summed E-state index contributed by atoms with van der Waals surface area (Å²) in [5.74, 6) is 0.232. The maximum absolute atomic E-state index is 12.5. The highest BCUT2D eigenvalue weighted by atomic mass is 19.3. The third kappa shape index (κ3) is 5.54. The standard InChI is InChI=1S/C19H20F2N2O3/c1-12(2)25-15-10-8-14(9-11-15)18(24)23-22-13(3)16-6-4-5-7-17(16)26-19(20)21/h4-12,19H,1-3H3,(H,23,24)/b22-13-. The number of carbonyl (C=O) groups excluding carboxylic acids is 1. The van der Waals surface area contributed by atoms with E-state index in [1.165, 1.54) is 6.07 Å². The van der Waals surface area contributed by atoms with Crippen LogP contribution in [0.5, 0.6) is 11.5 Å². The molecule has 2 aromatic rings. The van der Waals surface area contributed by atoms with Crippen molar-refractivity contribution in [1.82, 2.24) is 5.43 Å². The Hall–Kier alpha value is -2.96. The normalized spacial score (nSPS) is 11.6. The zero-order valence-corrected chi connectivity index (χ0v) is 14.7. The fraction of sp³-hybridized carbons (Fsp3) is 0.263. The highest BCUT2D eigenvalue weighted by Gasteiger charge is 2.12. The van der Waals surface area contributed by atoms with E-state index in [-0.39, 0.29) is 11.9 Å². The molecule has 0 aliphatic rings. The first-order chi connectivity index (χ1) is 12.4. The van der Waals surface area contributed by atoms with Gasteiger partial charge < -0.3 is 9.47 Å². The van der Waals surface area contributed by atoms with Gasteiger partial charge in [-0.2, -0.15) is 13.9 Å². The Labute approximate surface area is 150 Å². The van der Waals surface area contributed by atoms with E-state index in [2.05, 4.69) is 15.3 Å². The number of ether oxygens (including phenoxy) is 2. The molecule has 0 aromatic heterocycles. The Morgan fingerprint density at radius 3 is 2.31 bits per heavy atom. The SMILES string of the molecule is C/C(=N/NC(=O)c1ccc(OC(C)C)cc1)c1ccccc1OC(F)F. The van der Waals surface area contributed by atoms with Crippen molar-refractivity contribution in [1.29, 1.82) is 0 Å². The van der Waals surface area contributed by atoms with Crippen molar-refractivity contribution in [3.8, 4) is 11.5 Å². The third-order valence-corrected chi connectivity index (χ3v) is 3.31. The monoisotopic (exact) mass is 362 g/mol. The number of benzene rings is 2. The maximum atomic E-state index is 12.5. The second-order valence-corrected chi connectivity index (χ2v) is 5.70. The molecule has 1 N–H and O–H groups in total. The summed E-state index contributed by atoms with van der Waals surface area (Å²) in [6, 6.07) is 12.9. The van der Waals surface area contributed by atoms with Crippen LogP contribution in [0.2, 0.25) is 0 Å². The van der Waals surface area contributed by atoms with Crippen LogP contribution in [0.15, 0.2) is 53.6 Å². The van der Waals surface area contributed by atoms with Crippen LogP contribution in [-0.2, 0) is 0 Å². The second kappa shape index (κ2) is 8.94. The Bertz CT molecular complexity index is 775. The van der Waals surface area contributed by atoms with Crippen molar-refractivity contribution in [2.24, 2.45) is 5.10 Å². The van der Waals surface area contributed by atoms with E-state index in [9.17, 15) is 13.6 Å². The molecule has 0 spiro atoms. The predicted octanol–water partition coefficient (Wildman–Crippen LogP) is 4.23. The zero-order valence-electron chi connectivity index (χ0n) is 14.7. The van der Waals surface area contributed by atoms with Gasteiger partial charge in [0.25, 0.3) is 5.91 Å². The number of nitrogens with one attached hydrogen (secondary N) is 1. The van der Waals surface area contributed by atoms with Crippen LogP contribution in [0.3, 0.4) is 0 Å². The summed E-state index contributed by atoms with van der Waals surface area (Å²) in [7, 11) is 0. The quantitative estimate of drug-likeness (QED) is 0.592. The Balaban J connectivity index is 2.08. The summed E-state index contributed by atoms with van der Waals surface area (Å²) in [6.07, 6.45) is 0.0393. The zero-order chi connectivity index (χ0) is 19.1. The Morgan fingerprint density at radius 2 is 1.69 bits per heavy atom. The van der Waals surface area contributed by atoms with Gasteiger partial charge in [0.05, 0.1) is 11.8 Å². The first-order valence-electron chi connectivity index (χ1n) is 8.02. The molecule has 0 bridgehead atoms. The summed E-state index contributed by atoms with van der Waals surface area (Å²) >= 11 is 0. The fourth-order valence-corrected chi connectivity index (χ4v) is 2.18. The molecule has 0 aliphatic carbocycles.